The van der Waals surface area contributed by atoms with Crippen molar-refractivity contribution in [2.75, 3.05) is 11.9 Å². The monoisotopic (exact) mass is 407 g/mol. The second-order valence-electron chi connectivity index (χ2n) is 6.70. The lowest BCUT2D eigenvalue weighted by molar-refractivity contribution is -0.134. The second kappa shape index (κ2) is 7.56. The number of carbonyl (C=O) groups is 3. The van der Waals surface area contributed by atoms with Crippen LogP contribution in [-0.4, -0.2) is 34.8 Å². The standard InChI is InChI=1S/C18H22BrN3O3/c19-13-8-4-5-9-14(13)20-15(23)12-22-16(24)18(21-17(22)25)10-6-2-1-3-7-11-18/h4-5,8-9H,1-3,6-7,10-12H2,(H,20,23)(H,21,25). The van der Waals surface area contributed by atoms with Crippen LogP contribution in [0.15, 0.2) is 28.7 Å². The molecule has 1 aromatic carbocycles. The summed E-state index contributed by atoms with van der Waals surface area (Å²) in [6.45, 7) is -0.270. The van der Waals surface area contributed by atoms with Crippen molar-refractivity contribution < 1.29 is 14.4 Å². The SMILES string of the molecule is O=C(CN1C(=O)NC2(CCCCCCC2)C1=O)Nc1ccccc1Br. The Hall–Kier alpha value is -1.89. The lowest BCUT2D eigenvalue weighted by Crippen LogP contribution is -2.47. The average molecular weight is 408 g/mol. The van der Waals surface area contributed by atoms with Crippen molar-refractivity contribution >= 4 is 39.5 Å². The molecule has 1 saturated heterocycles. The third kappa shape index (κ3) is 3.86. The number of imide groups is 1. The zero-order chi connectivity index (χ0) is 17.9. The van der Waals surface area contributed by atoms with Crippen LogP contribution in [0, 0.1) is 0 Å². The molecule has 1 spiro atoms. The Bertz CT molecular complexity index is 684. The van der Waals surface area contributed by atoms with Crippen molar-refractivity contribution in [1.29, 1.82) is 0 Å². The first-order chi connectivity index (χ1) is 12.0. The number of urea groups is 1. The number of para-hydroxylation sites is 1. The van der Waals surface area contributed by atoms with Gasteiger partial charge in [0.05, 0.1) is 5.69 Å². The van der Waals surface area contributed by atoms with E-state index >= 15 is 0 Å². The van der Waals surface area contributed by atoms with Gasteiger partial charge < -0.3 is 10.6 Å². The van der Waals surface area contributed by atoms with Gasteiger partial charge in [0, 0.05) is 4.47 Å². The van der Waals surface area contributed by atoms with E-state index in [0.717, 1.165) is 35.1 Å². The molecule has 0 radical (unpaired) electrons. The summed E-state index contributed by atoms with van der Waals surface area (Å²) in [6.07, 6.45) is 6.48. The molecule has 1 saturated carbocycles. The summed E-state index contributed by atoms with van der Waals surface area (Å²) in [7, 11) is 0. The molecule has 1 aliphatic heterocycles. The minimum absolute atomic E-state index is 0.262. The van der Waals surface area contributed by atoms with Crippen LogP contribution < -0.4 is 10.6 Å². The molecule has 0 aromatic heterocycles. The normalized spacial score (nSPS) is 20.1. The van der Waals surface area contributed by atoms with E-state index in [2.05, 4.69) is 26.6 Å². The average Bonchev–Trinajstić information content (AvgIpc) is 2.78. The van der Waals surface area contributed by atoms with Gasteiger partial charge in [0.2, 0.25) is 5.91 Å². The van der Waals surface area contributed by atoms with E-state index in [9.17, 15) is 14.4 Å². The minimum atomic E-state index is -0.814. The molecule has 4 amide bonds. The van der Waals surface area contributed by atoms with E-state index in [1.165, 1.54) is 6.42 Å². The summed E-state index contributed by atoms with van der Waals surface area (Å²) in [5.41, 5.74) is -0.203. The summed E-state index contributed by atoms with van der Waals surface area (Å²) >= 11 is 3.36. The maximum Gasteiger partial charge on any atom is 0.325 e. The highest BCUT2D eigenvalue weighted by atomic mass is 79.9. The number of nitrogens with one attached hydrogen (secondary N) is 2. The number of rotatable bonds is 3. The fraction of sp³-hybridized carbons (Fsp3) is 0.500. The summed E-state index contributed by atoms with van der Waals surface area (Å²) in [4.78, 5) is 38.5. The lowest BCUT2D eigenvalue weighted by atomic mass is 9.84. The van der Waals surface area contributed by atoms with Crippen LogP contribution in [0.5, 0.6) is 0 Å². The Kier molecular flexibility index (Phi) is 5.42. The summed E-state index contributed by atoms with van der Waals surface area (Å²) in [5, 5.41) is 5.60. The first-order valence-electron chi connectivity index (χ1n) is 8.70. The summed E-state index contributed by atoms with van der Waals surface area (Å²) in [5.74, 6) is -0.653. The molecule has 7 heteroatoms. The molecule has 1 aromatic rings. The predicted octanol–water partition coefficient (Wildman–Crippen LogP) is 3.42. The number of hydrogen-bond donors (Lipinski definition) is 2. The molecule has 0 atom stereocenters. The van der Waals surface area contributed by atoms with Crippen LogP contribution in [0.1, 0.15) is 44.9 Å². The highest BCUT2D eigenvalue weighted by Crippen LogP contribution is 2.32. The van der Waals surface area contributed by atoms with Crippen molar-refractivity contribution in [3.63, 3.8) is 0 Å². The molecule has 0 bridgehead atoms. The number of carbonyl (C=O) groups excluding carboxylic acids is 3. The number of anilines is 1. The molecule has 1 aliphatic carbocycles. The molecule has 0 unspecified atom stereocenters. The lowest BCUT2D eigenvalue weighted by Gasteiger charge is -2.28. The van der Waals surface area contributed by atoms with Crippen molar-refractivity contribution in [2.24, 2.45) is 0 Å². The number of benzene rings is 1. The van der Waals surface area contributed by atoms with Gasteiger partial charge in [-0.1, -0.05) is 44.2 Å². The zero-order valence-electron chi connectivity index (χ0n) is 14.0. The van der Waals surface area contributed by atoms with Gasteiger partial charge >= 0.3 is 6.03 Å². The Morgan fingerprint density at radius 3 is 2.44 bits per heavy atom. The molecular weight excluding hydrogens is 386 g/mol. The maximum absolute atomic E-state index is 12.9. The number of nitrogens with zero attached hydrogens (tertiary/aromatic N) is 1. The van der Waals surface area contributed by atoms with E-state index in [-0.39, 0.29) is 12.5 Å². The Morgan fingerprint density at radius 2 is 1.76 bits per heavy atom. The predicted molar refractivity (Wildman–Crippen MR) is 98.1 cm³/mol. The fourth-order valence-corrected chi connectivity index (χ4v) is 3.95. The van der Waals surface area contributed by atoms with E-state index in [0.29, 0.717) is 18.5 Å². The van der Waals surface area contributed by atoms with Gasteiger partial charge in [-0.25, -0.2) is 4.79 Å². The van der Waals surface area contributed by atoms with Gasteiger partial charge in [-0.15, -0.1) is 0 Å². The van der Waals surface area contributed by atoms with Crippen LogP contribution in [0.3, 0.4) is 0 Å². The van der Waals surface area contributed by atoms with E-state index in [4.69, 9.17) is 0 Å². The van der Waals surface area contributed by atoms with Gasteiger partial charge in [-0.2, -0.15) is 0 Å². The van der Waals surface area contributed by atoms with E-state index in [1.54, 1.807) is 12.1 Å². The third-order valence-electron chi connectivity index (χ3n) is 4.90. The zero-order valence-corrected chi connectivity index (χ0v) is 15.6. The van der Waals surface area contributed by atoms with Gasteiger partial charge in [-0.05, 0) is 40.9 Å². The minimum Gasteiger partial charge on any atom is -0.324 e. The molecule has 25 heavy (non-hydrogen) atoms. The fourth-order valence-electron chi connectivity index (χ4n) is 3.56. The second-order valence-corrected chi connectivity index (χ2v) is 7.55. The highest BCUT2D eigenvalue weighted by Gasteiger charge is 2.50. The van der Waals surface area contributed by atoms with Crippen LogP contribution in [0.25, 0.3) is 0 Å². The van der Waals surface area contributed by atoms with Crippen LogP contribution in [0.4, 0.5) is 10.5 Å². The Balaban J connectivity index is 1.68. The Morgan fingerprint density at radius 1 is 1.12 bits per heavy atom. The molecule has 6 nitrogen and oxygen atoms in total. The molecular formula is C18H22BrN3O3. The van der Waals surface area contributed by atoms with Crippen LogP contribution >= 0.6 is 15.9 Å². The van der Waals surface area contributed by atoms with Crippen molar-refractivity contribution in [2.45, 2.75) is 50.5 Å². The first kappa shape index (κ1) is 17.9. The third-order valence-corrected chi connectivity index (χ3v) is 5.59. The van der Waals surface area contributed by atoms with Crippen molar-refractivity contribution in [3.05, 3.63) is 28.7 Å². The molecule has 3 rings (SSSR count). The summed E-state index contributed by atoms with van der Waals surface area (Å²) in [6, 6.07) is 6.75. The Labute approximate surface area is 155 Å². The maximum atomic E-state index is 12.9. The van der Waals surface area contributed by atoms with Gasteiger partial charge in [0.25, 0.3) is 5.91 Å². The van der Waals surface area contributed by atoms with Gasteiger partial charge in [0.1, 0.15) is 12.1 Å². The topological polar surface area (TPSA) is 78.5 Å². The number of hydrogen-bond acceptors (Lipinski definition) is 3. The van der Waals surface area contributed by atoms with E-state index in [1.807, 2.05) is 12.1 Å². The van der Waals surface area contributed by atoms with E-state index < -0.39 is 17.5 Å². The highest BCUT2D eigenvalue weighted by molar-refractivity contribution is 9.10. The smallest absolute Gasteiger partial charge is 0.324 e. The van der Waals surface area contributed by atoms with Crippen molar-refractivity contribution in [3.8, 4) is 0 Å². The molecule has 2 N–H and O–H groups in total. The van der Waals surface area contributed by atoms with Gasteiger partial charge in [0.15, 0.2) is 0 Å². The molecule has 2 aliphatic rings. The molecule has 134 valence electrons. The molecule has 1 heterocycles. The van der Waals surface area contributed by atoms with Crippen molar-refractivity contribution in [1.82, 2.24) is 10.2 Å². The van der Waals surface area contributed by atoms with Gasteiger partial charge in [-0.3, -0.25) is 14.5 Å². The molecule has 2 fully saturated rings. The number of amides is 4. The summed E-state index contributed by atoms with van der Waals surface area (Å²) < 4.78 is 0.747. The van der Waals surface area contributed by atoms with Crippen LogP contribution in [-0.2, 0) is 9.59 Å². The first-order valence-corrected chi connectivity index (χ1v) is 9.50. The largest absolute Gasteiger partial charge is 0.325 e. The number of halogens is 1. The van der Waals surface area contributed by atoms with Crippen LogP contribution in [0.2, 0.25) is 0 Å². The quantitative estimate of drug-likeness (QED) is 0.753.